The van der Waals surface area contributed by atoms with Gasteiger partial charge in [0.15, 0.2) is 0 Å². The monoisotopic (exact) mass is 194 g/mol. The van der Waals surface area contributed by atoms with E-state index < -0.39 is 0 Å². The summed E-state index contributed by atoms with van der Waals surface area (Å²) in [5.41, 5.74) is 1.23. The average Bonchev–Trinajstić information content (AvgIpc) is 2.26. The van der Waals surface area contributed by atoms with Crippen LogP contribution in [0.4, 0.5) is 0 Å². The van der Waals surface area contributed by atoms with Crippen LogP contribution in [0.15, 0.2) is 18.5 Å². The molecule has 0 saturated heterocycles. The van der Waals surface area contributed by atoms with Crippen molar-refractivity contribution in [2.24, 2.45) is 0 Å². The van der Waals surface area contributed by atoms with Crippen LogP contribution in [0.5, 0.6) is 5.75 Å². The third kappa shape index (κ3) is 3.34. The first-order chi connectivity index (χ1) is 6.76. The van der Waals surface area contributed by atoms with Gasteiger partial charge in [0.1, 0.15) is 5.75 Å². The second-order valence-electron chi connectivity index (χ2n) is 3.46. The number of nitrogens with one attached hydrogen (secondary N) is 1. The predicted molar refractivity (Wildman–Crippen MR) is 57.6 cm³/mol. The van der Waals surface area contributed by atoms with Gasteiger partial charge in [-0.15, -0.1) is 0 Å². The summed E-state index contributed by atoms with van der Waals surface area (Å²) >= 11 is 0. The van der Waals surface area contributed by atoms with Crippen LogP contribution in [0, 0.1) is 0 Å². The van der Waals surface area contributed by atoms with Crippen molar-refractivity contribution < 1.29 is 4.74 Å². The Morgan fingerprint density at radius 1 is 1.50 bits per heavy atom. The average molecular weight is 194 g/mol. The molecule has 0 aromatic carbocycles. The van der Waals surface area contributed by atoms with Crippen LogP contribution in [-0.2, 0) is 6.42 Å². The fourth-order valence-corrected chi connectivity index (χ4v) is 1.24. The number of aromatic nitrogens is 1. The van der Waals surface area contributed by atoms with Crippen LogP contribution in [0.3, 0.4) is 0 Å². The summed E-state index contributed by atoms with van der Waals surface area (Å²) in [5.74, 6) is 0.833. The summed E-state index contributed by atoms with van der Waals surface area (Å²) < 4.78 is 5.11. The molecule has 14 heavy (non-hydrogen) atoms. The number of hydrogen-bond acceptors (Lipinski definition) is 3. The minimum atomic E-state index is 0.543. The molecule has 1 heterocycles. The number of pyridine rings is 1. The Labute approximate surface area is 85.5 Å². The minimum Gasteiger partial charge on any atom is -0.495 e. The summed E-state index contributed by atoms with van der Waals surface area (Å²) in [6.07, 6.45) is 5.77. The molecule has 0 aliphatic rings. The lowest BCUT2D eigenvalue weighted by molar-refractivity contribution is 0.412. The van der Waals surface area contributed by atoms with Gasteiger partial charge >= 0.3 is 0 Å². The highest BCUT2D eigenvalue weighted by atomic mass is 16.5. The molecule has 1 aromatic rings. The van der Waals surface area contributed by atoms with Gasteiger partial charge in [0.25, 0.3) is 0 Å². The van der Waals surface area contributed by atoms with Crippen LogP contribution in [0.1, 0.15) is 18.9 Å². The van der Waals surface area contributed by atoms with Crippen LogP contribution >= 0.6 is 0 Å². The van der Waals surface area contributed by atoms with Crippen molar-refractivity contribution in [2.45, 2.75) is 25.8 Å². The van der Waals surface area contributed by atoms with Crippen LogP contribution in [0.25, 0.3) is 0 Å². The fourth-order valence-electron chi connectivity index (χ4n) is 1.24. The normalized spacial score (nSPS) is 12.5. The van der Waals surface area contributed by atoms with Crippen molar-refractivity contribution in [3.63, 3.8) is 0 Å². The number of hydrogen-bond donors (Lipinski definition) is 1. The lowest BCUT2D eigenvalue weighted by atomic mass is 10.1. The number of nitrogens with zero attached hydrogens (tertiary/aromatic N) is 1. The van der Waals surface area contributed by atoms with Gasteiger partial charge in [-0.3, -0.25) is 4.98 Å². The highest BCUT2D eigenvalue weighted by molar-refractivity contribution is 5.23. The molecule has 0 aliphatic carbocycles. The standard InChI is InChI=1S/C11H18N2O/c1-9(12-2)4-5-10-6-11(14-3)8-13-7-10/h6-9,12H,4-5H2,1-3H3. The molecule has 0 amide bonds. The van der Waals surface area contributed by atoms with E-state index in [1.165, 1.54) is 5.56 Å². The first-order valence-electron chi connectivity index (χ1n) is 4.91. The van der Waals surface area contributed by atoms with E-state index in [1.807, 2.05) is 19.3 Å². The molecule has 3 nitrogen and oxygen atoms in total. The van der Waals surface area contributed by atoms with Gasteiger partial charge in [0, 0.05) is 12.2 Å². The van der Waals surface area contributed by atoms with E-state index in [9.17, 15) is 0 Å². The highest BCUT2D eigenvalue weighted by Gasteiger charge is 2.00. The van der Waals surface area contributed by atoms with Gasteiger partial charge in [0.05, 0.1) is 13.3 Å². The van der Waals surface area contributed by atoms with Crippen molar-refractivity contribution in [3.8, 4) is 5.75 Å². The van der Waals surface area contributed by atoms with E-state index in [0.717, 1.165) is 18.6 Å². The molecule has 3 heteroatoms. The Hall–Kier alpha value is -1.09. The second-order valence-corrected chi connectivity index (χ2v) is 3.46. The topological polar surface area (TPSA) is 34.2 Å². The Kier molecular flexibility index (Phi) is 4.40. The van der Waals surface area contributed by atoms with Crippen LogP contribution < -0.4 is 10.1 Å². The van der Waals surface area contributed by atoms with Crippen molar-refractivity contribution >= 4 is 0 Å². The van der Waals surface area contributed by atoms with Crippen molar-refractivity contribution in [2.75, 3.05) is 14.2 Å². The van der Waals surface area contributed by atoms with E-state index in [4.69, 9.17) is 4.74 Å². The first-order valence-corrected chi connectivity index (χ1v) is 4.91. The van der Waals surface area contributed by atoms with Gasteiger partial charge in [-0.05, 0) is 38.4 Å². The molecule has 1 aromatic heterocycles. The SMILES string of the molecule is CNC(C)CCc1cncc(OC)c1. The minimum absolute atomic E-state index is 0.543. The number of rotatable bonds is 5. The molecule has 78 valence electrons. The summed E-state index contributed by atoms with van der Waals surface area (Å²) in [6, 6.07) is 2.58. The Balaban J connectivity index is 2.50. The van der Waals surface area contributed by atoms with E-state index >= 15 is 0 Å². The molecular weight excluding hydrogens is 176 g/mol. The molecule has 0 aliphatic heterocycles. The maximum atomic E-state index is 5.11. The van der Waals surface area contributed by atoms with Crippen molar-refractivity contribution in [1.82, 2.24) is 10.3 Å². The lowest BCUT2D eigenvalue weighted by Gasteiger charge is -2.09. The highest BCUT2D eigenvalue weighted by Crippen LogP contribution is 2.12. The summed E-state index contributed by atoms with van der Waals surface area (Å²) in [4.78, 5) is 4.11. The third-order valence-corrected chi connectivity index (χ3v) is 2.36. The summed E-state index contributed by atoms with van der Waals surface area (Å²) in [5, 5.41) is 3.21. The van der Waals surface area contributed by atoms with Gasteiger partial charge < -0.3 is 10.1 Å². The molecule has 0 spiro atoms. The molecule has 1 rings (SSSR count). The Morgan fingerprint density at radius 2 is 2.29 bits per heavy atom. The van der Waals surface area contributed by atoms with Crippen LogP contribution in [-0.4, -0.2) is 25.2 Å². The molecule has 1 N–H and O–H groups in total. The van der Waals surface area contributed by atoms with Gasteiger partial charge in [0.2, 0.25) is 0 Å². The largest absolute Gasteiger partial charge is 0.495 e. The van der Waals surface area contributed by atoms with E-state index in [-0.39, 0.29) is 0 Å². The molecule has 0 bridgehead atoms. The molecule has 0 fully saturated rings. The smallest absolute Gasteiger partial charge is 0.137 e. The zero-order valence-electron chi connectivity index (χ0n) is 9.08. The third-order valence-electron chi connectivity index (χ3n) is 2.36. The summed E-state index contributed by atoms with van der Waals surface area (Å²) in [7, 11) is 3.64. The molecule has 1 unspecified atom stereocenters. The molecule has 0 radical (unpaired) electrons. The van der Waals surface area contributed by atoms with Gasteiger partial charge in [-0.25, -0.2) is 0 Å². The fraction of sp³-hybridized carbons (Fsp3) is 0.545. The number of ether oxygens (including phenoxy) is 1. The van der Waals surface area contributed by atoms with Crippen LogP contribution in [0.2, 0.25) is 0 Å². The van der Waals surface area contributed by atoms with Crippen molar-refractivity contribution in [1.29, 1.82) is 0 Å². The summed E-state index contributed by atoms with van der Waals surface area (Å²) in [6.45, 7) is 2.17. The lowest BCUT2D eigenvalue weighted by Crippen LogP contribution is -2.21. The Bertz CT molecular complexity index is 276. The number of aryl methyl sites for hydroxylation is 1. The quantitative estimate of drug-likeness (QED) is 0.773. The molecule has 0 saturated carbocycles. The Morgan fingerprint density at radius 3 is 2.93 bits per heavy atom. The maximum absolute atomic E-state index is 5.11. The molecule has 1 atom stereocenters. The number of methoxy groups -OCH3 is 1. The zero-order chi connectivity index (χ0) is 10.4. The van der Waals surface area contributed by atoms with Crippen molar-refractivity contribution in [3.05, 3.63) is 24.0 Å². The van der Waals surface area contributed by atoms with E-state index in [2.05, 4.69) is 17.2 Å². The molecular formula is C11H18N2O. The maximum Gasteiger partial charge on any atom is 0.137 e. The second kappa shape index (κ2) is 5.60. The first kappa shape index (κ1) is 11.0. The van der Waals surface area contributed by atoms with Gasteiger partial charge in [-0.1, -0.05) is 0 Å². The predicted octanol–water partition coefficient (Wildman–Crippen LogP) is 1.63. The van der Waals surface area contributed by atoms with Gasteiger partial charge in [-0.2, -0.15) is 0 Å². The van der Waals surface area contributed by atoms with E-state index in [1.54, 1.807) is 13.3 Å². The van der Waals surface area contributed by atoms with E-state index in [0.29, 0.717) is 6.04 Å². The zero-order valence-corrected chi connectivity index (χ0v) is 9.08.